The number of aryl methyl sites for hydroxylation is 2. The van der Waals surface area contributed by atoms with Gasteiger partial charge in [0.15, 0.2) is 5.16 Å². The fraction of sp³-hybridized carbons (Fsp3) is 0.667. The number of methoxy groups -OCH3 is 1. The van der Waals surface area contributed by atoms with E-state index in [9.17, 15) is 4.79 Å². The van der Waals surface area contributed by atoms with Gasteiger partial charge in [-0.2, -0.15) is 0 Å². The van der Waals surface area contributed by atoms with Crippen molar-refractivity contribution >= 4 is 17.7 Å². The summed E-state index contributed by atoms with van der Waals surface area (Å²) in [7, 11) is 3.28. The van der Waals surface area contributed by atoms with Gasteiger partial charge in [-0.25, -0.2) is 9.97 Å². The molecule has 5 nitrogen and oxygen atoms in total. The molecule has 0 radical (unpaired) electrons. The molecule has 1 aromatic heterocycles. The van der Waals surface area contributed by atoms with Crippen LogP contribution in [0.5, 0.6) is 0 Å². The number of carbonyl (C=O) groups is 1. The van der Waals surface area contributed by atoms with E-state index in [4.69, 9.17) is 4.74 Å². The van der Waals surface area contributed by atoms with Crippen LogP contribution in [0, 0.1) is 13.8 Å². The third-order valence-corrected chi connectivity index (χ3v) is 5.12. The van der Waals surface area contributed by atoms with Gasteiger partial charge in [-0.05, 0) is 52.6 Å². The average Bonchev–Trinajstić information content (AvgIpc) is 2.45. The first kappa shape index (κ1) is 16.2. The van der Waals surface area contributed by atoms with Gasteiger partial charge in [-0.15, -0.1) is 0 Å². The summed E-state index contributed by atoms with van der Waals surface area (Å²) in [5, 5.41) is 4.30. The van der Waals surface area contributed by atoms with Gasteiger partial charge < -0.3 is 10.1 Å². The van der Waals surface area contributed by atoms with Crippen LogP contribution >= 0.6 is 11.8 Å². The van der Waals surface area contributed by atoms with Gasteiger partial charge in [0.05, 0.1) is 7.11 Å². The number of hydrogen-bond acceptors (Lipinski definition) is 6. The van der Waals surface area contributed by atoms with Gasteiger partial charge in [-0.1, -0.05) is 11.8 Å². The molecule has 116 valence electrons. The maximum Gasteiger partial charge on any atom is 0.326 e. The van der Waals surface area contributed by atoms with Crippen LogP contribution < -0.4 is 5.32 Å². The van der Waals surface area contributed by atoms with Crippen LogP contribution in [0.1, 0.15) is 37.1 Å². The zero-order valence-electron chi connectivity index (χ0n) is 13.1. The highest BCUT2D eigenvalue weighted by Crippen LogP contribution is 2.37. The molecule has 6 heteroatoms. The van der Waals surface area contributed by atoms with Crippen molar-refractivity contribution in [2.24, 2.45) is 0 Å². The maximum atomic E-state index is 12.1. The van der Waals surface area contributed by atoms with Crippen molar-refractivity contribution in [1.82, 2.24) is 15.3 Å². The van der Waals surface area contributed by atoms with Crippen molar-refractivity contribution < 1.29 is 9.53 Å². The van der Waals surface area contributed by atoms with E-state index >= 15 is 0 Å². The Morgan fingerprint density at radius 1 is 1.43 bits per heavy atom. The van der Waals surface area contributed by atoms with Crippen LogP contribution in [-0.4, -0.2) is 40.9 Å². The summed E-state index contributed by atoms with van der Waals surface area (Å²) in [6.07, 6.45) is 3.64. The number of rotatable bonds is 4. The first-order valence-electron chi connectivity index (χ1n) is 7.25. The van der Waals surface area contributed by atoms with Crippen molar-refractivity contribution in [3.05, 3.63) is 17.5 Å². The van der Waals surface area contributed by atoms with E-state index in [1.165, 1.54) is 7.11 Å². The van der Waals surface area contributed by atoms with E-state index in [2.05, 4.69) is 15.3 Å². The number of thioether (sulfide) groups is 1. The molecule has 1 aromatic rings. The van der Waals surface area contributed by atoms with Gasteiger partial charge in [0, 0.05) is 16.6 Å². The van der Waals surface area contributed by atoms with E-state index in [0.29, 0.717) is 5.25 Å². The summed E-state index contributed by atoms with van der Waals surface area (Å²) in [4.78, 5) is 21.1. The standard InChI is InChI=1S/C15H23N3O2S/c1-10-8-11(2)18-14(17-10)21-12-6-5-7-15(9-12,16-3)13(19)20-4/h8,12,16H,5-7,9H2,1-4H3. The van der Waals surface area contributed by atoms with E-state index in [0.717, 1.165) is 42.2 Å². The number of hydrogen-bond donors (Lipinski definition) is 1. The Balaban J connectivity index is 2.12. The van der Waals surface area contributed by atoms with Crippen molar-refractivity contribution in [3.8, 4) is 0 Å². The first-order valence-corrected chi connectivity index (χ1v) is 8.13. The maximum absolute atomic E-state index is 12.1. The molecule has 1 heterocycles. The lowest BCUT2D eigenvalue weighted by atomic mass is 9.81. The van der Waals surface area contributed by atoms with Crippen LogP contribution in [0.15, 0.2) is 11.2 Å². The molecule has 21 heavy (non-hydrogen) atoms. The molecule has 1 N–H and O–H groups in total. The minimum absolute atomic E-state index is 0.170. The molecule has 0 saturated heterocycles. The molecule has 2 unspecified atom stereocenters. The molecular weight excluding hydrogens is 286 g/mol. The smallest absolute Gasteiger partial charge is 0.326 e. The second-order valence-corrected chi connectivity index (χ2v) is 6.86. The van der Waals surface area contributed by atoms with E-state index in [-0.39, 0.29) is 5.97 Å². The fourth-order valence-corrected chi connectivity index (χ4v) is 4.27. The van der Waals surface area contributed by atoms with Gasteiger partial charge in [0.25, 0.3) is 0 Å². The zero-order chi connectivity index (χ0) is 15.5. The third kappa shape index (κ3) is 3.74. The number of carbonyl (C=O) groups excluding carboxylic acids is 1. The van der Waals surface area contributed by atoms with E-state index < -0.39 is 5.54 Å². The predicted molar refractivity (Wildman–Crippen MR) is 83.4 cm³/mol. The molecular formula is C15H23N3O2S. The van der Waals surface area contributed by atoms with Crippen molar-refractivity contribution in [2.45, 2.75) is 55.5 Å². The minimum atomic E-state index is -0.566. The highest BCUT2D eigenvalue weighted by atomic mass is 32.2. The Hall–Kier alpha value is -1.14. The summed E-state index contributed by atoms with van der Waals surface area (Å²) in [5.74, 6) is -0.170. The Morgan fingerprint density at radius 3 is 2.67 bits per heavy atom. The van der Waals surface area contributed by atoms with Crippen molar-refractivity contribution in [1.29, 1.82) is 0 Å². The second kappa shape index (κ2) is 6.75. The van der Waals surface area contributed by atoms with Crippen LogP contribution in [-0.2, 0) is 9.53 Å². The zero-order valence-corrected chi connectivity index (χ0v) is 13.9. The molecule has 1 aliphatic carbocycles. The minimum Gasteiger partial charge on any atom is -0.468 e. The quantitative estimate of drug-likeness (QED) is 0.680. The first-order chi connectivity index (χ1) is 9.99. The normalized spacial score (nSPS) is 25.6. The predicted octanol–water partition coefficient (Wildman–Crippen LogP) is 2.26. The third-order valence-electron chi connectivity index (χ3n) is 3.99. The molecule has 2 atom stereocenters. The van der Waals surface area contributed by atoms with Crippen LogP contribution in [0.25, 0.3) is 0 Å². The van der Waals surface area contributed by atoms with Gasteiger partial charge >= 0.3 is 5.97 Å². The lowest BCUT2D eigenvalue weighted by Crippen LogP contribution is -2.54. The van der Waals surface area contributed by atoms with Gasteiger partial charge in [0.2, 0.25) is 0 Å². The molecule has 0 spiro atoms. The van der Waals surface area contributed by atoms with Crippen LogP contribution in [0.2, 0.25) is 0 Å². The number of esters is 1. The second-order valence-electron chi connectivity index (χ2n) is 5.59. The lowest BCUT2D eigenvalue weighted by molar-refractivity contribution is -0.149. The van der Waals surface area contributed by atoms with E-state index in [1.807, 2.05) is 27.0 Å². The number of nitrogens with one attached hydrogen (secondary N) is 1. The lowest BCUT2D eigenvalue weighted by Gasteiger charge is -2.37. The molecule has 0 bridgehead atoms. The highest BCUT2D eigenvalue weighted by molar-refractivity contribution is 7.99. The van der Waals surface area contributed by atoms with Gasteiger partial charge in [0.1, 0.15) is 5.54 Å². The average molecular weight is 309 g/mol. The number of ether oxygens (including phenoxy) is 1. The van der Waals surface area contributed by atoms with Crippen molar-refractivity contribution in [3.63, 3.8) is 0 Å². The molecule has 0 aliphatic heterocycles. The summed E-state index contributed by atoms with van der Waals surface area (Å²) < 4.78 is 4.98. The Labute approximate surface area is 130 Å². The molecule has 1 saturated carbocycles. The summed E-state index contributed by atoms with van der Waals surface area (Å²) in [6, 6.07) is 1.97. The SMILES string of the molecule is CNC1(C(=O)OC)CCCC(Sc2nc(C)cc(C)n2)C1. The molecule has 1 fully saturated rings. The number of aromatic nitrogens is 2. The topological polar surface area (TPSA) is 64.1 Å². The largest absolute Gasteiger partial charge is 0.468 e. The van der Waals surface area contributed by atoms with E-state index in [1.54, 1.807) is 11.8 Å². The highest BCUT2D eigenvalue weighted by Gasteiger charge is 2.43. The number of nitrogens with zero attached hydrogens (tertiary/aromatic N) is 2. The summed E-state index contributed by atoms with van der Waals surface area (Å²) in [5.41, 5.74) is 1.39. The Kier molecular flexibility index (Phi) is 5.22. The molecule has 0 aromatic carbocycles. The molecule has 2 rings (SSSR count). The Morgan fingerprint density at radius 2 is 2.10 bits per heavy atom. The van der Waals surface area contributed by atoms with Crippen LogP contribution in [0.3, 0.4) is 0 Å². The summed E-state index contributed by atoms with van der Waals surface area (Å²) in [6.45, 7) is 3.96. The number of likely N-dealkylation sites (N-methyl/N-ethyl adjacent to an activating group) is 1. The molecule has 1 aliphatic rings. The van der Waals surface area contributed by atoms with Crippen molar-refractivity contribution in [2.75, 3.05) is 14.2 Å². The van der Waals surface area contributed by atoms with Gasteiger partial charge in [-0.3, -0.25) is 4.79 Å². The fourth-order valence-electron chi connectivity index (χ4n) is 2.93. The summed E-state index contributed by atoms with van der Waals surface area (Å²) >= 11 is 1.67. The van der Waals surface area contributed by atoms with Crippen LogP contribution in [0.4, 0.5) is 0 Å². The monoisotopic (exact) mass is 309 g/mol. The molecule has 0 amide bonds. The Bertz CT molecular complexity index is 503.